The topological polar surface area (TPSA) is 71.7 Å². The molecule has 0 radical (unpaired) electrons. The summed E-state index contributed by atoms with van der Waals surface area (Å²) in [4.78, 5) is 4.66. The van der Waals surface area contributed by atoms with Gasteiger partial charge in [0.2, 0.25) is 0 Å². The molecule has 1 saturated carbocycles. The molecule has 1 aliphatic rings. The Morgan fingerprint density at radius 3 is 2.71 bits per heavy atom. The number of halogens is 3. The molecule has 1 fully saturated rings. The predicted octanol–water partition coefficient (Wildman–Crippen LogP) is 5.04. The molecule has 6 nitrogen and oxygen atoms in total. The molecule has 0 aliphatic heterocycles. The Kier molecular flexibility index (Phi) is 6.04. The van der Waals surface area contributed by atoms with Crippen molar-refractivity contribution in [2.45, 2.75) is 57.5 Å². The quantitative estimate of drug-likeness (QED) is 0.569. The van der Waals surface area contributed by atoms with Gasteiger partial charge in [0.25, 0.3) is 0 Å². The summed E-state index contributed by atoms with van der Waals surface area (Å²) >= 11 is 0. The van der Waals surface area contributed by atoms with Gasteiger partial charge in [0.1, 0.15) is 11.6 Å². The number of aromatic nitrogens is 3. The molecule has 3 aromatic rings. The molecule has 166 valence electrons. The molecule has 31 heavy (non-hydrogen) atoms. The number of nitrogens with one attached hydrogen (secondary N) is 1. The van der Waals surface area contributed by atoms with E-state index in [1.165, 1.54) is 18.2 Å². The molecule has 0 spiro atoms. The van der Waals surface area contributed by atoms with E-state index in [9.17, 15) is 18.3 Å². The normalized spacial score (nSPS) is 20.5. The van der Waals surface area contributed by atoms with Crippen molar-refractivity contribution in [2.75, 3.05) is 5.32 Å². The molecular formula is C22H25F3N4O2. The summed E-state index contributed by atoms with van der Waals surface area (Å²) < 4.78 is 43.3. The fraction of sp³-hybridized carbons (Fsp3) is 0.455. The zero-order valence-electron chi connectivity index (χ0n) is 17.1. The van der Waals surface area contributed by atoms with Crippen molar-refractivity contribution in [3.05, 3.63) is 42.7 Å². The van der Waals surface area contributed by atoms with E-state index in [1.807, 2.05) is 13.0 Å². The highest BCUT2D eigenvalue weighted by molar-refractivity contribution is 5.78. The Morgan fingerprint density at radius 1 is 1.23 bits per heavy atom. The molecule has 4 rings (SSSR count). The Morgan fingerprint density at radius 2 is 2.00 bits per heavy atom. The fourth-order valence-corrected chi connectivity index (χ4v) is 4.25. The highest BCUT2D eigenvalue weighted by atomic mass is 19.4. The van der Waals surface area contributed by atoms with Crippen molar-refractivity contribution < 1.29 is 23.0 Å². The van der Waals surface area contributed by atoms with Gasteiger partial charge in [0.15, 0.2) is 5.65 Å². The van der Waals surface area contributed by atoms with Crippen molar-refractivity contribution in [1.82, 2.24) is 14.6 Å². The first-order chi connectivity index (χ1) is 14.8. The Bertz CT molecular complexity index is 1030. The first-order valence-corrected chi connectivity index (χ1v) is 10.4. The standard InChI is InChI=1S/C22H25F3N4O2/c1-14(30)11-15-5-7-17(8-6-15)27-20-9-10-29-21(28-20)19(13-26-29)16-3-2-4-18(12-16)31-22(23,24)25/h2-4,9-10,12-15,17,30H,5-8,11H2,1H3,(H,27,28). The molecule has 1 atom stereocenters. The van der Waals surface area contributed by atoms with Crippen molar-refractivity contribution in [3.63, 3.8) is 0 Å². The van der Waals surface area contributed by atoms with Gasteiger partial charge in [-0.15, -0.1) is 13.2 Å². The van der Waals surface area contributed by atoms with Crippen LogP contribution in [0.4, 0.5) is 19.0 Å². The van der Waals surface area contributed by atoms with E-state index >= 15 is 0 Å². The zero-order chi connectivity index (χ0) is 22.0. The van der Waals surface area contributed by atoms with Gasteiger partial charge >= 0.3 is 6.36 Å². The molecule has 2 heterocycles. The summed E-state index contributed by atoms with van der Waals surface area (Å²) in [7, 11) is 0. The lowest BCUT2D eigenvalue weighted by Crippen LogP contribution is -2.27. The van der Waals surface area contributed by atoms with Gasteiger partial charge in [-0.2, -0.15) is 5.10 Å². The van der Waals surface area contributed by atoms with Gasteiger partial charge in [-0.1, -0.05) is 12.1 Å². The minimum Gasteiger partial charge on any atom is -0.406 e. The second-order valence-corrected chi connectivity index (χ2v) is 8.16. The van der Waals surface area contributed by atoms with Crippen molar-refractivity contribution >= 4 is 11.5 Å². The van der Waals surface area contributed by atoms with E-state index < -0.39 is 6.36 Å². The molecule has 1 unspecified atom stereocenters. The van der Waals surface area contributed by atoms with Crippen LogP contribution in [0, 0.1) is 5.92 Å². The summed E-state index contributed by atoms with van der Waals surface area (Å²) in [6.07, 6.45) is 3.34. The van der Waals surface area contributed by atoms with Crippen LogP contribution in [0.25, 0.3) is 16.8 Å². The van der Waals surface area contributed by atoms with Crippen LogP contribution in [-0.2, 0) is 0 Å². The van der Waals surface area contributed by atoms with Crippen LogP contribution >= 0.6 is 0 Å². The lowest BCUT2D eigenvalue weighted by molar-refractivity contribution is -0.274. The molecule has 9 heteroatoms. The second kappa shape index (κ2) is 8.74. The van der Waals surface area contributed by atoms with Crippen LogP contribution in [0.5, 0.6) is 5.75 Å². The third-order valence-corrected chi connectivity index (χ3v) is 5.62. The number of hydrogen-bond acceptors (Lipinski definition) is 5. The average Bonchev–Trinajstić information content (AvgIpc) is 3.11. The van der Waals surface area contributed by atoms with Crippen LogP contribution in [0.15, 0.2) is 42.7 Å². The number of aliphatic hydroxyl groups excluding tert-OH is 1. The van der Waals surface area contributed by atoms with Crippen LogP contribution in [0.2, 0.25) is 0 Å². The molecule has 1 aliphatic carbocycles. The average molecular weight is 434 g/mol. The van der Waals surface area contributed by atoms with Gasteiger partial charge in [-0.05, 0) is 68.7 Å². The molecular weight excluding hydrogens is 409 g/mol. The first kappa shape index (κ1) is 21.4. The summed E-state index contributed by atoms with van der Waals surface area (Å²) in [5, 5.41) is 17.3. The molecule has 0 amide bonds. The minimum absolute atomic E-state index is 0.265. The molecule has 2 aromatic heterocycles. The lowest BCUT2D eigenvalue weighted by Gasteiger charge is -2.30. The molecule has 0 saturated heterocycles. The highest BCUT2D eigenvalue weighted by Gasteiger charge is 2.31. The predicted molar refractivity (Wildman–Crippen MR) is 111 cm³/mol. The summed E-state index contributed by atoms with van der Waals surface area (Å²) in [6, 6.07) is 7.94. The monoisotopic (exact) mass is 434 g/mol. The Balaban J connectivity index is 1.50. The van der Waals surface area contributed by atoms with E-state index in [-0.39, 0.29) is 11.9 Å². The van der Waals surface area contributed by atoms with Gasteiger partial charge in [-0.3, -0.25) is 0 Å². The fourth-order valence-electron chi connectivity index (χ4n) is 4.25. The van der Waals surface area contributed by atoms with E-state index in [0.717, 1.165) is 32.1 Å². The van der Waals surface area contributed by atoms with E-state index in [1.54, 1.807) is 23.0 Å². The van der Waals surface area contributed by atoms with Crippen LogP contribution in [0.1, 0.15) is 39.0 Å². The zero-order valence-corrected chi connectivity index (χ0v) is 17.1. The highest BCUT2D eigenvalue weighted by Crippen LogP contribution is 2.31. The number of alkyl halides is 3. The number of aliphatic hydroxyl groups is 1. The smallest absolute Gasteiger partial charge is 0.406 e. The van der Waals surface area contributed by atoms with E-state index in [0.29, 0.717) is 34.6 Å². The minimum atomic E-state index is -4.75. The maximum atomic E-state index is 12.6. The number of hydrogen-bond donors (Lipinski definition) is 2. The maximum absolute atomic E-state index is 12.6. The van der Waals surface area contributed by atoms with E-state index in [2.05, 4.69) is 20.1 Å². The molecule has 2 N–H and O–H groups in total. The summed E-state index contributed by atoms with van der Waals surface area (Å²) in [5.41, 5.74) is 1.72. The molecule has 0 bridgehead atoms. The number of nitrogens with zero attached hydrogens (tertiary/aromatic N) is 3. The van der Waals surface area contributed by atoms with Crippen molar-refractivity contribution in [1.29, 1.82) is 0 Å². The van der Waals surface area contributed by atoms with Gasteiger partial charge in [0, 0.05) is 17.8 Å². The number of ether oxygens (including phenoxy) is 1. The van der Waals surface area contributed by atoms with Crippen LogP contribution < -0.4 is 10.1 Å². The SMILES string of the molecule is CC(O)CC1CCC(Nc2ccn3ncc(-c4cccc(OC(F)(F)F)c4)c3n2)CC1. The maximum Gasteiger partial charge on any atom is 0.573 e. The Hall–Kier alpha value is -2.81. The van der Waals surface area contributed by atoms with Crippen LogP contribution in [-0.4, -0.2) is 38.2 Å². The second-order valence-electron chi connectivity index (χ2n) is 8.16. The van der Waals surface area contributed by atoms with Crippen molar-refractivity contribution in [3.8, 4) is 16.9 Å². The molecule has 1 aromatic carbocycles. The summed E-state index contributed by atoms with van der Waals surface area (Å²) in [5.74, 6) is 0.977. The van der Waals surface area contributed by atoms with Gasteiger partial charge in [0.05, 0.1) is 12.3 Å². The van der Waals surface area contributed by atoms with Crippen LogP contribution in [0.3, 0.4) is 0 Å². The number of benzene rings is 1. The van der Waals surface area contributed by atoms with Gasteiger partial charge in [-0.25, -0.2) is 9.50 Å². The largest absolute Gasteiger partial charge is 0.573 e. The Labute approximate surface area is 178 Å². The summed E-state index contributed by atoms with van der Waals surface area (Å²) in [6.45, 7) is 1.83. The number of rotatable bonds is 6. The van der Waals surface area contributed by atoms with Gasteiger partial charge < -0.3 is 15.2 Å². The number of anilines is 1. The number of fused-ring (bicyclic) bond motifs is 1. The van der Waals surface area contributed by atoms with E-state index in [4.69, 9.17) is 0 Å². The lowest BCUT2D eigenvalue weighted by atomic mass is 9.83. The first-order valence-electron chi connectivity index (χ1n) is 10.4. The van der Waals surface area contributed by atoms with Crippen molar-refractivity contribution in [2.24, 2.45) is 5.92 Å². The third kappa shape index (κ3) is 5.46. The third-order valence-electron chi connectivity index (χ3n) is 5.62.